The third kappa shape index (κ3) is 8.69. The number of rotatable bonds is 13. The van der Waals surface area contributed by atoms with Gasteiger partial charge in [0, 0.05) is 65.3 Å². The Morgan fingerprint density at radius 3 is 2.38 bits per heavy atom. The van der Waals surface area contributed by atoms with Gasteiger partial charge in [0.25, 0.3) is 0 Å². The van der Waals surface area contributed by atoms with Gasteiger partial charge < -0.3 is 28.9 Å². The molecule has 3 amide bonds. The Hall–Kier alpha value is -4.06. The quantitative estimate of drug-likeness (QED) is 0.182. The second-order valence-corrected chi connectivity index (χ2v) is 12.2. The topological polar surface area (TPSA) is 105 Å². The van der Waals surface area contributed by atoms with Gasteiger partial charge in [-0.1, -0.05) is 6.07 Å². The monoisotopic (exact) mass is 701 g/mol. The molecule has 48 heavy (non-hydrogen) atoms. The molecule has 13 heteroatoms. The minimum absolute atomic E-state index is 0. The van der Waals surface area contributed by atoms with Crippen molar-refractivity contribution in [1.29, 1.82) is 0 Å². The molecule has 0 aliphatic carbocycles. The van der Waals surface area contributed by atoms with Crippen LogP contribution in [0.1, 0.15) is 38.3 Å². The zero-order valence-corrected chi connectivity index (χ0v) is 29.8. The van der Waals surface area contributed by atoms with Gasteiger partial charge in [0.1, 0.15) is 11.2 Å². The molecule has 3 heterocycles. The van der Waals surface area contributed by atoms with Gasteiger partial charge in [-0.15, -0.1) is 24.8 Å². The molecule has 2 aromatic carbocycles. The van der Waals surface area contributed by atoms with Crippen molar-refractivity contribution in [2.24, 2.45) is 5.41 Å². The Kier molecular flexibility index (Phi) is 13.5. The number of hydrogen-bond donors (Lipinski definition) is 0. The number of ether oxygens (including phenoxy) is 3. The van der Waals surface area contributed by atoms with Crippen LogP contribution in [0, 0.1) is 5.41 Å². The molecule has 0 N–H and O–H groups in total. The molecule has 260 valence electrons. The molecule has 0 spiro atoms. The maximum Gasteiger partial charge on any atom is 0.242 e. The lowest BCUT2D eigenvalue weighted by atomic mass is 9.90. The first-order valence-corrected chi connectivity index (χ1v) is 15.7. The standard InChI is InChI=1S/C35H43N5O6.2ClH/c1-6-40-28-10-9-27(22-29(28)38(5)33(42)35(2,3)34(40)43)44-19-7-16-39(23-25-12-14-36-15-13-25)18-17-37(4)32(41)21-26-8-11-30-31(20-26)46-24-45-30;;/h8-15,20,22H,6-7,16-19,21,23-24H2,1-5H3;2*1H. The first kappa shape index (κ1) is 38.4. The van der Waals surface area contributed by atoms with Gasteiger partial charge in [-0.25, -0.2) is 0 Å². The summed E-state index contributed by atoms with van der Waals surface area (Å²) in [4.78, 5) is 50.8. The molecular weight excluding hydrogens is 657 g/mol. The van der Waals surface area contributed by atoms with Crippen LogP contribution in [0.3, 0.4) is 0 Å². The van der Waals surface area contributed by atoms with Crippen molar-refractivity contribution in [2.75, 3.05) is 63.5 Å². The summed E-state index contributed by atoms with van der Waals surface area (Å²) in [6.45, 7) is 9.11. The van der Waals surface area contributed by atoms with Gasteiger partial charge in [-0.2, -0.15) is 0 Å². The fourth-order valence-corrected chi connectivity index (χ4v) is 5.74. The predicted octanol–water partition coefficient (Wildman–Crippen LogP) is 4.98. The van der Waals surface area contributed by atoms with Crippen molar-refractivity contribution in [3.63, 3.8) is 0 Å². The summed E-state index contributed by atoms with van der Waals surface area (Å²) in [6, 6.07) is 15.1. The average molecular weight is 703 g/mol. The number of pyridine rings is 1. The first-order valence-electron chi connectivity index (χ1n) is 15.7. The average Bonchev–Trinajstić information content (AvgIpc) is 3.52. The lowest BCUT2D eigenvalue weighted by Gasteiger charge is -2.27. The van der Waals surface area contributed by atoms with Crippen LogP contribution in [0.4, 0.5) is 11.4 Å². The van der Waals surface area contributed by atoms with E-state index < -0.39 is 5.41 Å². The lowest BCUT2D eigenvalue weighted by molar-refractivity contribution is -0.137. The van der Waals surface area contributed by atoms with Crippen LogP contribution in [0.2, 0.25) is 0 Å². The van der Waals surface area contributed by atoms with Crippen molar-refractivity contribution >= 4 is 53.9 Å². The number of hydrogen-bond acceptors (Lipinski definition) is 8. The minimum atomic E-state index is -1.16. The van der Waals surface area contributed by atoms with E-state index in [2.05, 4.69) is 9.88 Å². The van der Waals surface area contributed by atoms with Gasteiger partial charge in [0.2, 0.25) is 24.5 Å². The fourth-order valence-electron chi connectivity index (χ4n) is 5.74. The molecule has 0 saturated carbocycles. The number of carbonyl (C=O) groups excluding carboxylic acids is 3. The van der Waals surface area contributed by atoms with Crippen LogP contribution in [0.25, 0.3) is 0 Å². The van der Waals surface area contributed by atoms with Gasteiger partial charge in [-0.3, -0.25) is 24.3 Å². The van der Waals surface area contributed by atoms with E-state index in [4.69, 9.17) is 14.2 Å². The molecule has 0 fully saturated rings. The molecule has 0 atom stereocenters. The Labute approximate surface area is 294 Å². The van der Waals surface area contributed by atoms with Gasteiger partial charge in [0.15, 0.2) is 11.5 Å². The molecule has 0 saturated heterocycles. The molecule has 5 rings (SSSR count). The summed E-state index contributed by atoms with van der Waals surface area (Å²) in [5.74, 6) is 1.58. The van der Waals surface area contributed by atoms with Crippen LogP contribution in [0.15, 0.2) is 60.9 Å². The van der Waals surface area contributed by atoms with Crippen molar-refractivity contribution in [3.8, 4) is 17.2 Å². The van der Waals surface area contributed by atoms with Crippen LogP contribution in [-0.2, 0) is 27.3 Å². The van der Waals surface area contributed by atoms with E-state index in [0.717, 1.165) is 30.6 Å². The third-order valence-corrected chi connectivity index (χ3v) is 8.55. The number of nitrogens with zero attached hydrogens (tertiary/aromatic N) is 5. The molecule has 0 bridgehead atoms. The summed E-state index contributed by atoms with van der Waals surface area (Å²) in [7, 11) is 3.53. The van der Waals surface area contributed by atoms with Crippen molar-refractivity contribution in [1.82, 2.24) is 14.8 Å². The zero-order chi connectivity index (χ0) is 32.8. The largest absolute Gasteiger partial charge is 0.493 e. The Morgan fingerprint density at radius 2 is 1.65 bits per heavy atom. The Balaban J connectivity index is 0.00000312. The molecule has 1 aromatic heterocycles. The SMILES string of the molecule is CCN1C(=O)C(C)(C)C(=O)N(C)c2cc(OCCCN(CCN(C)C(=O)Cc3ccc4c(c3)OCO4)Cc3ccncc3)ccc21.Cl.Cl. The highest BCUT2D eigenvalue weighted by Gasteiger charge is 2.45. The van der Waals surface area contributed by atoms with Crippen LogP contribution < -0.4 is 24.0 Å². The van der Waals surface area contributed by atoms with Crippen molar-refractivity contribution < 1.29 is 28.6 Å². The minimum Gasteiger partial charge on any atom is -0.493 e. The van der Waals surface area contributed by atoms with E-state index in [1.165, 1.54) is 0 Å². The number of fused-ring (bicyclic) bond motifs is 2. The van der Waals surface area contributed by atoms with E-state index in [1.54, 1.807) is 48.0 Å². The number of amides is 3. The van der Waals surface area contributed by atoms with Crippen LogP contribution >= 0.6 is 24.8 Å². The molecule has 3 aromatic rings. The maximum atomic E-state index is 13.2. The molecule has 11 nitrogen and oxygen atoms in total. The summed E-state index contributed by atoms with van der Waals surface area (Å²) in [5.41, 5.74) is 2.21. The predicted molar refractivity (Wildman–Crippen MR) is 190 cm³/mol. The number of likely N-dealkylation sites (N-methyl/N-ethyl adjacent to an activating group) is 1. The van der Waals surface area contributed by atoms with E-state index in [-0.39, 0.29) is 55.7 Å². The summed E-state index contributed by atoms with van der Waals surface area (Å²) < 4.78 is 17.0. The van der Waals surface area contributed by atoms with Gasteiger partial charge >= 0.3 is 0 Å². The fraction of sp³-hybridized carbons (Fsp3) is 0.429. The van der Waals surface area contributed by atoms with Crippen molar-refractivity contribution in [2.45, 2.75) is 40.2 Å². The summed E-state index contributed by atoms with van der Waals surface area (Å²) >= 11 is 0. The van der Waals surface area contributed by atoms with Gasteiger partial charge in [-0.05, 0) is 74.7 Å². The zero-order valence-electron chi connectivity index (χ0n) is 28.1. The van der Waals surface area contributed by atoms with Crippen LogP contribution in [0.5, 0.6) is 17.2 Å². The summed E-state index contributed by atoms with van der Waals surface area (Å²) in [5, 5.41) is 0. The van der Waals surface area contributed by atoms with E-state index in [1.807, 2.05) is 62.5 Å². The number of anilines is 2. The smallest absolute Gasteiger partial charge is 0.242 e. The van der Waals surface area contributed by atoms with Gasteiger partial charge in [0.05, 0.1) is 24.4 Å². The molecule has 2 aliphatic heterocycles. The molecule has 0 radical (unpaired) electrons. The number of carbonyl (C=O) groups is 3. The molecule has 0 unspecified atom stereocenters. The highest BCUT2D eigenvalue weighted by molar-refractivity contribution is 6.20. The molecular formula is C35H45Cl2N5O6. The van der Waals surface area contributed by atoms with E-state index >= 15 is 0 Å². The maximum absolute atomic E-state index is 13.2. The van der Waals surface area contributed by atoms with E-state index in [0.29, 0.717) is 54.9 Å². The summed E-state index contributed by atoms with van der Waals surface area (Å²) in [6.07, 6.45) is 4.60. The number of aromatic nitrogens is 1. The second kappa shape index (κ2) is 16.9. The van der Waals surface area contributed by atoms with Crippen molar-refractivity contribution in [3.05, 3.63) is 72.1 Å². The number of halogens is 2. The lowest BCUT2D eigenvalue weighted by Crippen LogP contribution is -2.47. The Bertz CT molecular complexity index is 1570. The highest BCUT2D eigenvalue weighted by atomic mass is 35.5. The normalized spacial score (nSPS) is 14.5. The second-order valence-electron chi connectivity index (χ2n) is 12.2. The Morgan fingerprint density at radius 1 is 0.917 bits per heavy atom. The van der Waals surface area contributed by atoms with E-state index in [9.17, 15) is 14.4 Å². The highest BCUT2D eigenvalue weighted by Crippen LogP contribution is 2.40. The first-order chi connectivity index (χ1) is 22.1. The van der Waals surface area contributed by atoms with Crippen LogP contribution in [-0.4, -0.2) is 86.2 Å². The molecule has 2 aliphatic rings. The number of benzene rings is 2. The third-order valence-electron chi connectivity index (χ3n) is 8.55.